The Kier molecular flexibility index (Phi) is 4.65. The van der Waals surface area contributed by atoms with E-state index in [9.17, 15) is 14.4 Å². The second-order valence-electron chi connectivity index (χ2n) is 6.08. The van der Waals surface area contributed by atoms with Crippen molar-refractivity contribution in [3.8, 4) is 0 Å². The molecule has 130 valence electrons. The van der Waals surface area contributed by atoms with Crippen molar-refractivity contribution in [2.75, 3.05) is 6.54 Å². The number of nitrogens with one attached hydrogen (secondary N) is 2. The number of rotatable bonds is 6. The molecule has 0 saturated carbocycles. The fraction of sp³-hybridized carbons (Fsp3) is 0.333. The third-order valence-corrected chi connectivity index (χ3v) is 4.45. The van der Waals surface area contributed by atoms with Crippen LogP contribution in [0.3, 0.4) is 0 Å². The lowest BCUT2D eigenvalue weighted by Crippen LogP contribution is -2.37. The van der Waals surface area contributed by atoms with Crippen molar-refractivity contribution < 1.29 is 14.4 Å². The highest BCUT2D eigenvalue weighted by Crippen LogP contribution is 2.26. The number of hydrogen-bond donors (Lipinski definition) is 2. The summed E-state index contributed by atoms with van der Waals surface area (Å²) in [6.07, 6.45) is 4.61. The molecule has 3 amide bonds. The Hall–Kier alpha value is -2.96. The van der Waals surface area contributed by atoms with Gasteiger partial charge in [0.05, 0.1) is 17.5 Å². The number of amides is 3. The second kappa shape index (κ2) is 6.88. The summed E-state index contributed by atoms with van der Waals surface area (Å²) in [5, 5.41) is 2.80. The molecule has 1 aliphatic rings. The molecule has 3 rings (SSSR count). The maximum absolute atomic E-state index is 12.5. The fourth-order valence-corrected chi connectivity index (χ4v) is 2.82. The zero-order valence-corrected chi connectivity index (χ0v) is 14.2. The second-order valence-corrected chi connectivity index (χ2v) is 6.08. The molecule has 2 N–H and O–H groups in total. The van der Waals surface area contributed by atoms with Gasteiger partial charge in [0.1, 0.15) is 0 Å². The van der Waals surface area contributed by atoms with E-state index >= 15 is 0 Å². The molecule has 0 saturated heterocycles. The van der Waals surface area contributed by atoms with E-state index in [0.717, 1.165) is 5.69 Å². The number of carbonyl (C=O) groups is 3. The van der Waals surface area contributed by atoms with Crippen LogP contribution in [0.2, 0.25) is 0 Å². The maximum atomic E-state index is 12.5. The average Bonchev–Trinajstić information content (AvgIpc) is 3.21. The zero-order valence-electron chi connectivity index (χ0n) is 14.2. The van der Waals surface area contributed by atoms with Crippen LogP contribution >= 0.6 is 0 Å². The summed E-state index contributed by atoms with van der Waals surface area (Å²) in [4.78, 5) is 45.3. The van der Waals surface area contributed by atoms with Gasteiger partial charge in [-0.05, 0) is 31.5 Å². The van der Waals surface area contributed by atoms with E-state index in [1.807, 2.05) is 13.8 Å². The van der Waals surface area contributed by atoms with Crippen molar-refractivity contribution >= 4 is 17.7 Å². The molecule has 25 heavy (non-hydrogen) atoms. The SMILES string of the molecule is CC[C@@H](C)N1C(=O)c2ccc(C(=O)NCCc3cnc[nH]3)cc2C1=O. The van der Waals surface area contributed by atoms with Gasteiger partial charge >= 0.3 is 0 Å². The van der Waals surface area contributed by atoms with E-state index < -0.39 is 0 Å². The van der Waals surface area contributed by atoms with E-state index in [1.165, 1.54) is 11.0 Å². The number of aromatic nitrogens is 2. The summed E-state index contributed by atoms with van der Waals surface area (Å²) in [6, 6.07) is 4.47. The molecule has 0 spiro atoms. The number of imidazole rings is 1. The number of fused-ring (bicyclic) bond motifs is 1. The fourth-order valence-electron chi connectivity index (χ4n) is 2.82. The van der Waals surface area contributed by atoms with Gasteiger partial charge in [-0.15, -0.1) is 0 Å². The van der Waals surface area contributed by atoms with E-state index in [2.05, 4.69) is 15.3 Å². The van der Waals surface area contributed by atoms with E-state index in [0.29, 0.717) is 36.1 Å². The highest BCUT2D eigenvalue weighted by atomic mass is 16.2. The summed E-state index contributed by atoms with van der Waals surface area (Å²) < 4.78 is 0. The normalized spacial score (nSPS) is 14.6. The smallest absolute Gasteiger partial charge is 0.261 e. The predicted octanol–water partition coefficient (Wildman–Crippen LogP) is 1.78. The standard InChI is InChI=1S/C18H20N4O3/c1-3-11(2)22-17(24)14-5-4-12(8-15(14)18(22)25)16(23)20-7-6-13-9-19-10-21-13/h4-5,8-11H,3,6-7H2,1-2H3,(H,19,21)(H,20,23)/t11-/m1/s1. The highest BCUT2D eigenvalue weighted by Gasteiger charge is 2.38. The van der Waals surface area contributed by atoms with Crippen LogP contribution in [-0.4, -0.2) is 45.2 Å². The Balaban J connectivity index is 1.71. The molecule has 2 heterocycles. The molecule has 7 heteroatoms. The number of imide groups is 1. The van der Waals surface area contributed by atoms with E-state index in [1.54, 1.807) is 24.7 Å². The quantitative estimate of drug-likeness (QED) is 0.784. The van der Waals surface area contributed by atoms with Gasteiger partial charge in [0.15, 0.2) is 0 Å². The van der Waals surface area contributed by atoms with Crippen molar-refractivity contribution in [1.82, 2.24) is 20.2 Å². The molecule has 7 nitrogen and oxygen atoms in total. The number of H-pyrrole nitrogens is 1. The van der Waals surface area contributed by atoms with Crippen LogP contribution in [0, 0.1) is 0 Å². The zero-order chi connectivity index (χ0) is 18.0. The Morgan fingerprint density at radius 3 is 2.72 bits per heavy atom. The Bertz CT molecular complexity index is 814. The van der Waals surface area contributed by atoms with Crippen LogP contribution < -0.4 is 5.32 Å². The number of carbonyl (C=O) groups excluding carboxylic acids is 3. The van der Waals surface area contributed by atoms with Crippen molar-refractivity contribution in [1.29, 1.82) is 0 Å². The Labute approximate surface area is 145 Å². The first-order valence-corrected chi connectivity index (χ1v) is 8.30. The third-order valence-electron chi connectivity index (χ3n) is 4.45. The predicted molar refractivity (Wildman–Crippen MR) is 91.3 cm³/mol. The molecule has 1 aromatic carbocycles. The molecule has 0 bridgehead atoms. The number of aromatic amines is 1. The maximum Gasteiger partial charge on any atom is 0.261 e. The molecule has 2 aromatic rings. The summed E-state index contributed by atoms with van der Waals surface area (Å²) >= 11 is 0. The van der Waals surface area contributed by atoms with Crippen LogP contribution in [0.1, 0.15) is 57.0 Å². The molecule has 0 unspecified atom stereocenters. The lowest BCUT2D eigenvalue weighted by molar-refractivity contribution is 0.0593. The van der Waals surface area contributed by atoms with Crippen LogP contribution in [0.15, 0.2) is 30.7 Å². The van der Waals surface area contributed by atoms with Crippen molar-refractivity contribution in [2.24, 2.45) is 0 Å². The van der Waals surface area contributed by atoms with Gasteiger partial charge in [0, 0.05) is 36.5 Å². The number of nitrogens with zero attached hydrogens (tertiary/aromatic N) is 2. The molecular weight excluding hydrogens is 320 g/mol. The minimum atomic E-state index is -0.332. The van der Waals surface area contributed by atoms with Gasteiger partial charge in [-0.1, -0.05) is 6.92 Å². The lowest BCUT2D eigenvalue weighted by Gasteiger charge is -2.20. The highest BCUT2D eigenvalue weighted by molar-refractivity contribution is 6.22. The lowest BCUT2D eigenvalue weighted by atomic mass is 10.1. The Morgan fingerprint density at radius 2 is 2.04 bits per heavy atom. The topological polar surface area (TPSA) is 95.2 Å². The van der Waals surface area contributed by atoms with Crippen LogP contribution in [0.4, 0.5) is 0 Å². The largest absolute Gasteiger partial charge is 0.352 e. The van der Waals surface area contributed by atoms with Crippen molar-refractivity contribution in [3.05, 3.63) is 53.1 Å². The van der Waals surface area contributed by atoms with Crippen LogP contribution in [0.5, 0.6) is 0 Å². The van der Waals surface area contributed by atoms with Crippen LogP contribution in [-0.2, 0) is 6.42 Å². The van der Waals surface area contributed by atoms with Crippen LogP contribution in [0.25, 0.3) is 0 Å². The van der Waals surface area contributed by atoms with Gasteiger partial charge in [0.2, 0.25) is 0 Å². The number of benzene rings is 1. The molecule has 0 radical (unpaired) electrons. The summed E-state index contributed by atoms with van der Waals surface area (Å²) in [7, 11) is 0. The molecule has 1 atom stereocenters. The third kappa shape index (κ3) is 3.17. The molecular formula is C18H20N4O3. The van der Waals surface area contributed by atoms with Gasteiger partial charge in [-0.3, -0.25) is 19.3 Å². The van der Waals surface area contributed by atoms with Gasteiger partial charge < -0.3 is 10.3 Å². The van der Waals surface area contributed by atoms with E-state index in [4.69, 9.17) is 0 Å². The summed E-state index contributed by atoms with van der Waals surface area (Å²) in [6.45, 7) is 4.21. The van der Waals surface area contributed by atoms with Crippen molar-refractivity contribution in [3.63, 3.8) is 0 Å². The van der Waals surface area contributed by atoms with Gasteiger partial charge in [-0.2, -0.15) is 0 Å². The first-order valence-electron chi connectivity index (χ1n) is 8.30. The molecule has 0 fully saturated rings. The number of hydrogen-bond acceptors (Lipinski definition) is 4. The van der Waals surface area contributed by atoms with E-state index in [-0.39, 0.29) is 23.8 Å². The Morgan fingerprint density at radius 1 is 1.28 bits per heavy atom. The first-order chi connectivity index (χ1) is 12.0. The molecule has 0 aliphatic carbocycles. The monoisotopic (exact) mass is 340 g/mol. The summed E-state index contributed by atoms with van der Waals surface area (Å²) in [5.41, 5.74) is 1.96. The molecule has 1 aliphatic heterocycles. The van der Waals surface area contributed by atoms with Gasteiger partial charge in [-0.25, -0.2) is 4.98 Å². The first kappa shape index (κ1) is 16.9. The summed E-state index contributed by atoms with van der Waals surface area (Å²) in [5.74, 6) is -0.897. The van der Waals surface area contributed by atoms with Gasteiger partial charge in [0.25, 0.3) is 17.7 Å². The van der Waals surface area contributed by atoms with Crippen molar-refractivity contribution in [2.45, 2.75) is 32.7 Å². The minimum Gasteiger partial charge on any atom is -0.352 e. The minimum absolute atomic E-state index is 0.168. The average molecular weight is 340 g/mol. The molecule has 1 aromatic heterocycles.